The van der Waals surface area contributed by atoms with Gasteiger partial charge in [-0.1, -0.05) is 11.8 Å². The van der Waals surface area contributed by atoms with E-state index in [4.69, 9.17) is 0 Å². The summed E-state index contributed by atoms with van der Waals surface area (Å²) in [4.78, 5) is 7.69. The molecule has 0 saturated heterocycles. The molecule has 0 bridgehead atoms. The number of alkyl halides is 5. The van der Waals surface area contributed by atoms with E-state index in [-0.39, 0.29) is 16.9 Å². The van der Waals surface area contributed by atoms with Gasteiger partial charge in [0, 0.05) is 12.6 Å². The van der Waals surface area contributed by atoms with E-state index in [2.05, 4.69) is 20.0 Å². The molecule has 0 aliphatic rings. The van der Waals surface area contributed by atoms with Crippen LogP contribution in [0, 0.1) is 0 Å². The molecule has 114 valence electrons. The van der Waals surface area contributed by atoms with Crippen LogP contribution in [0.1, 0.15) is 6.92 Å². The minimum Gasteiger partial charge on any atom is -0.471 e. The molecule has 4 nitrogen and oxygen atoms in total. The van der Waals surface area contributed by atoms with Crippen LogP contribution in [-0.4, -0.2) is 41.5 Å². The van der Waals surface area contributed by atoms with E-state index in [0.29, 0.717) is 6.54 Å². The summed E-state index contributed by atoms with van der Waals surface area (Å²) in [5.41, 5.74) is 0. The van der Waals surface area contributed by atoms with E-state index < -0.39 is 18.7 Å². The minimum atomic E-state index is -5.66. The molecule has 0 amide bonds. The van der Waals surface area contributed by atoms with Crippen LogP contribution in [0.2, 0.25) is 0 Å². The first-order valence-corrected chi connectivity index (χ1v) is 6.66. The Hall–Kier alpha value is -1.32. The van der Waals surface area contributed by atoms with Gasteiger partial charge in [0.05, 0.1) is 0 Å². The third kappa shape index (κ3) is 4.36. The van der Waals surface area contributed by atoms with E-state index in [1.54, 1.807) is 13.2 Å². The normalized spacial score (nSPS) is 12.3. The highest BCUT2D eigenvalue weighted by molar-refractivity contribution is 7.98. The number of anilines is 1. The molecule has 20 heavy (non-hydrogen) atoms. The summed E-state index contributed by atoms with van der Waals surface area (Å²) in [5, 5.41) is 3.00. The van der Waals surface area contributed by atoms with Gasteiger partial charge in [0.25, 0.3) is 0 Å². The van der Waals surface area contributed by atoms with E-state index in [1.165, 1.54) is 0 Å². The lowest BCUT2D eigenvalue weighted by atomic mass is 10.3. The number of hydrogen-bond acceptors (Lipinski definition) is 5. The fraction of sp³-hybridized carbons (Fsp3) is 0.600. The average Bonchev–Trinajstić information content (AvgIpc) is 2.35. The zero-order chi connectivity index (χ0) is 15.4. The molecule has 10 heteroatoms. The number of rotatable bonds is 6. The Morgan fingerprint density at radius 2 is 1.90 bits per heavy atom. The van der Waals surface area contributed by atoms with Crippen molar-refractivity contribution in [2.75, 3.05) is 24.7 Å². The van der Waals surface area contributed by atoms with Crippen molar-refractivity contribution < 1.29 is 26.7 Å². The van der Waals surface area contributed by atoms with Crippen molar-refractivity contribution in [3.05, 3.63) is 6.07 Å². The molecule has 1 aromatic rings. The predicted molar refractivity (Wildman–Crippen MR) is 64.5 cm³/mol. The lowest BCUT2D eigenvalue weighted by Crippen LogP contribution is -2.41. The van der Waals surface area contributed by atoms with Crippen molar-refractivity contribution in [1.29, 1.82) is 0 Å². The molecule has 0 aliphatic carbocycles. The fourth-order valence-corrected chi connectivity index (χ4v) is 1.46. The summed E-state index contributed by atoms with van der Waals surface area (Å²) in [6.45, 7) is 0.453. The smallest absolute Gasteiger partial charge is 0.456 e. The van der Waals surface area contributed by atoms with Crippen LogP contribution < -0.4 is 10.1 Å². The Balaban J connectivity index is 2.84. The third-order valence-corrected chi connectivity index (χ3v) is 2.59. The average molecular weight is 317 g/mol. The van der Waals surface area contributed by atoms with Gasteiger partial charge in [-0.3, -0.25) is 0 Å². The molecule has 0 aromatic carbocycles. The SMILES string of the molecule is CCNc1cc(OCC(F)(F)C(F)(F)F)nc(SC)n1. The molecule has 0 aliphatic heterocycles. The van der Waals surface area contributed by atoms with Crippen molar-refractivity contribution >= 4 is 17.6 Å². The van der Waals surface area contributed by atoms with Crippen LogP contribution in [0.15, 0.2) is 11.2 Å². The molecule has 1 aromatic heterocycles. The van der Waals surface area contributed by atoms with Gasteiger partial charge in [-0.15, -0.1) is 0 Å². The largest absolute Gasteiger partial charge is 0.471 e. The first-order valence-electron chi connectivity index (χ1n) is 5.44. The number of hydrogen-bond donors (Lipinski definition) is 1. The number of ether oxygens (including phenoxy) is 1. The Labute approximate surface area is 116 Å². The van der Waals surface area contributed by atoms with Crippen LogP contribution >= 0.6 is 11.8 Å². The number of halogens is 5. The van der Waals surface area contributed by atoms with Crippen LogP contribution in [0.5, 0.6) is 5.88 Å². The molecule has 0 spiro atoms. The maximum Gasteiger partial charge on any atom is 0.456 e. The van der Waals surface area contributed by atoms with Crippen LogP contribution in [-0.2, 0) is 0 Å². The number of nitrogens with zero attached hydrogens (tertiary/aromatic N) is 2. The highest BCUT2D eigenvalue weighted by Crippen LogP contribution is 2.35. The van der Waals surface area contributed by atoms with Gasteiger partial charge in [-0.25, -0.2) is 4.98 Å². The van der Waals surface area contributed by atoms with E-state index >= 15 is 0 Å². The van der Waals surface area contributed by atoms with Crippen LogP contribution in [0.3, 0.4) is 0 Å². The van der Waals surface area contributed by atoms with Gasteiger partial charge < -0.3 is 10.1 Å². The Morgan fingerprint density at radius 1 is 1.25 bits per heavy atom. The summed E-state index contributed by atoms with van der Waals surface area (Å²) < 4.78 is 65.9. The molecule has 0 fully saturated rings. The third-order valence-electron chi connectivity index (χ3n) is 2.04. The summed E-state index contributed by atoms with van der Waals surface area (Å²) in [7, 11) is 0. The van der Waals surface area contributed by atoms with Crippen molar-refractivity contribution in [3.63, 3.8) is 0 Å². The maximum absolute atomic E-state index is 12.7. The lowest BCUT2D eigenvalue weighted by Gasteiger charge is -2.19. The predicted octanol–water partition coefficient (Wildman–Crippen LogP) is 3.21. The monoisotopic (exact) mass is 317 g/mol. The molecule has 1 N–H and O–H groups in total. The van der Waals surface area contributed by atoms with E-state index in [9.17, 15) is 22.0 Å². The fourth-order valence-electron chi connectivity index (χ4n) is 1.09. The second-order valence-corrected chi connectivity index (χ2v) is 4.37. The first-order chi connectivity index (χ1) is 9.19. The standard InChI is InChI=1S/C10H12F5N3OS/c1-3-16-6-4-7(18-8(17-6)20-2)19-5-9(11,12)10(13,14)15/h4H,3,5H2,1-2H3,(H,16,17,18). The molecular weight excluding hydrogens is 305 g/mol. The molecule has 0 saturated carbocycles. The minimum absolute atomic E-state index is 0.203. The first kappa shape index (κ1) is 16.7. The van der Waals surface area contributed by atoms with E-state index in [1.807, 2.05) is 0 Å². The number of thioether (sulfide) groups is 1. The van der Waals surface area contributed by atoms with Crippen LogP contribution in [0.25, 0.3) is 0 Å². The Kier molecular flexibility index (Phi) is 5.37. The van der Waals surface area contributed by atoms with Gasteiger partial charge in [0.2, 0.25) is 5.88 Å². The van der Waals surface area contributed by atoms with Crippen LogP contribution in [0.4, 0.5) is 27.8 Å². The Morgan fingerprint density at radius 3 is 2.40 bits per heavy atom. The molecular formula is C10H12F5N3OS. The highest BCUT2D eigenvalue weighted by Gasteiger charge is 2.58. The number of aromatic nitrogens is 2. The van der Waals surface area contributed by atoms with E-state index in [0.717, 1.165) is 17.8 Å². The summed E-state index contributed by atoms with van der Waals surface area (Å²) >= 11 is 1.11. The molecule has 1 heterocycles. The lowest BCUT2D eigenvalue weighted by molar-refractivity contribution is -0.290. The second kappa shape index (κ2) is 6.42. The van der Waals surface area contributed by atoms with Gasteiger partial charge in [-0.05, 0) is 13.2 Å². The summed E-state index contributed by atoms with van der Waals surface area (Å²) in [6, 6.07) is 1.16. The summed E-state index contributed by atoms with van der Waals surface area (Å²) in [5.74, 6) is -4.99. The molecule has 0 unspecified atom stereocenters. The van der Waals surface area contributed by atoms with Gasteiger partial charge in [0.1, 0.15) is 5.82 Å². The van der Waals surface area contributed by atoms with Gasteiger partial charge >= 0.3 is 12.1 Å². The van der Waals surface area contributed by atoms with Crippen molar-refractivity contribution in [1.82, 2.24) is 9.97 Å². The zero-order valence-electron chi connectivity index (χ0n) is 10.6. The molecule has 0 radical (unpaired) electrons. The zero-order valence-corrected chi connectivity index (χ0v) is 11.4. The highest BCUT2D eigenvalue weighted by atomic mass is 32.2. The van der Waals surface area contributed by atoms with Crippen molar-refractivity contribution in [2.45, 2.75) is 24.2 Å². The van der Waals surface area contributed by atoms with Crippen molar-refractivity contribution in [2.24, 2.45) is 0 Å². The topological polar surface area (TPSA) is 47.0 Å². The number of nitrogens with one attached hydrogen (secondary N) is 1. The summed E-state index contributed by atoms with van der Waals surface area (Å²) in [6.07, 6.45) is -4.02. The molecule has 0 atom stereocenters. The molecule has 1 rings (SSSR count). The quantitative estimate of drug-likeness (QED) is 0.496. The van der Waals surface area contributed by atoms with Crippen molar-refractivity contribution in [3.8, 4) is 5.88 Å². The second-order valence-electron chi connectivity index (χ2n) is 3.60. The van der Waals surface area contributed by atoms with Gasteiger partial charge in [0.15, 0.2) is 11.8 Å². The van der Waals surface area contributed by atoms with Gasteiger partial charge in [-0.2, -0.15) is 26.9 Å². The maximum atomic E-state index is 12.7. The Bertz CT molecular complexity index is 455.